The summed E-state index contributed by atoms with van der Waals surface area (Å²) in [6, 6.07) is 28.0. The molecule has 1 fully saturated rings. The van der Waals surface area contributed by atoms with E-state index in [2.05, 4.69) is 31.9 Å². The Morgan fingerprint density at radius 2 is 1.25 bits per heavy atom. The van der Waals surface area contributed by atoms with Crippen LogP contribution in [0.25, 0.3) is 11.1 Å². The maximum Gasteiger partial charge on any atom is 0.410 e. The summed E-state index contributed by atoms with van der Waals surface area (Å²) >= 11 is 0. The van der Waals surface area contributed by atoms with Crippen LogP contribution in [-0.4, -0.2) is 207 Å². The molecule has 0 radical (unpaired) electrons. The van der Waals surface area contributed by atoms with Crippen molar-refractivity contribution >= 4 is 59.3 Å². The van der Waals surface area contributed by atoms with Gasteiger partial charge in [0.1, 0.15) is 38.0 Å². The van der Waals surface area contributed by atoms with Crippen molar-refractivity contribution in [2.24, 2.45) is 23.7 Å². The average molecular weight is 1350 g/mol. The summed E-state index contributed by atoms with van der Waals surface area (Å²) in [5.74, 6) is -6.76. The monoisotopic (exact) mass is 1340 g/mol. The lowest BCUT2D eigenvalue weighted by Gasteiger charge is -2.41. The summed E-state index contributed by atoms with van der Waals surface area (Å²) in [5.41, 5.74) is 4.89. The summed E-state index contributed by atoms with van der Waals surface area (Å²) in [6.45, 7) is 12.4. The predicted molar refractivity (Wildman–Crippen MR) is 363 cm³/mol. The third-order valence-corrected chi connectivity index (χ3v) is 18.3. The minimum atomic E-state index is -1.19. The third-order valence-electron chi connectivity index (χ3n) is 18.3. The minimum Gasteiger partial charge on any atom is -0.436 e. The van der Waals surface area contributed by atoms with Crippen LogP contribution in [0.5, 0.6) is 0 Å². The molecule has 0 aromatic heterocycles. The molecule has 4 aromatic rings. The molecule has 7 N–H and O–H groups in total. The molecule has 0 unspecified atom stereocenters. The molecule has 10 amide bonds. The molecule has 1 saturated heterocycles. The smallest absolute Gasteiger partial charge is 0.410 e. The lowest BCUT2D eigenvalue weighted by Crippen LogP contribution is -2.60. The van der Waals surface area contributed by atoms with Gasteiger partial charge in [0.15, 0.2) is 6.10 Å². The number of rotatable bonds is 35. The zero-order valence-corrected chi connectivity index (χ0v) is 58.2. The molecule has 2 aliphatic rings. The number of likely N-dealkylation sites (N-methyl/N-ethyl adjacent to an activating group) is 3. The van der Waals surface area contributed by atoms with Crippen molar-refractivity contribution in [1.29, 1.82) is 0 Å². The zero-order valence-electron chi connectivity index (χ0n) is 58.2. The van der Waals surface area contributed by atoms with Gasteiger partial charge >= 0.3 is 6.09 Å². The van der Waals surface area contributed by atoms with Crippen LogP contribution >= 0.6 is 0 Å². The fourth-order valence-corrected chi connectivity index (χ4v) is 12.7. The average Bonchev–Trinajstić information content (AvgIpc) is 1.63. The molecular formula is C72H100N10O15. The molecule has 0 saturated carbocycles. The Morgan fingerprint density at radius 3 is 1.84 bits per heavy atom. The van der Waals surface area contributed by atoms with Gasteiger partial charge in [0.05, 0.1) is 61.9 Å². The van der Waals surface area contributed by atoms with Crippen LogP contribution in [0.3, 0.4) is 0 Å². The Hall–Kier alpha value is -8.78. The van der Waals surface area contributed by atoms with Crippen LogP contribution in [0.15, 0.2) is 109 Å². The van der Waals surface area contributed by atoms with Crippen LogP contribution < -0.4 is 31.9 Å². The molecule has 0 bridgehead atoms. The van der Waals surface area contributed by atoms with E-state index < -0.39 is 159 Å². The molecule has 528 valence electrons. The number of likely N-dealkylation sites (tertiary alicyclic amines) is 1. The van der Waals surface area contributed by atoms with Crippen LogP contribution in [0.4, 0.5) is 4.79 Å². The summed E-state index contributed by atoms with van der Waals surface area (Å²) in [5, 5.41) is 26.9. The second-order valence-corrected chi connectivity index (χ2v) is 25.9. The van der Waals surface area contributed by atoms with Gasteiger partial charge in [0, 0.05) is 59.5 Å². The number of carbonyl (C=O) groups excluding carboxylic acids is 10. The number of methoxy groups -OCH3 is 2. The van der Waals surface area contributed by atoms with Gasteiger partial charge in [-0.15, -0.1) is 0 Å². The van der Waals surface area contributed by atoms with Gasteiger partial charge < -0.3 is 75.6 Å². The highest BCUT2D eigenvalue weighted by Gasteiger charge is 2.44. The van der Waals surface area contributed by atoms with Gasteiger partial charge in [-0.3, -0.25) is 43.2 Å². The number of aliphatic hydroxyl groups excluding tert-OH is 1. The normalized spacial score (nSPS) is 16.5. The van der Waals surface area contributed by atoms with Crippen molar-refractivity contribution in [3.05, 3.63) is 131 Å². The third kappa shape index (κ3) is 20.9. The van der Waals surface area contributed by atoms with Crippen LogP contribution in [-0.2, 0) is 68.5 Å². The molecule has 1 heterocycles. The second kappa shape index (κ2) is 37.1. The van der Waals surface area contributed by atoms with E-state index >= 15 is 0 Å². The van der Waals surface area contributed by atoms with E-state index in [0.29, 0.717) is 36.9 Å². The van der Waals surface area contributed by atoms with Crippen molar-refractivity contribution in [3.8, 4) is 11.1 Å². The highest BCUT2D eigenvalue weighted by atomic mass is 16.6. The Morgan fingerprint density at radius 1 is 0.649 bits per heavy atom. The van der Waals surface area contributed by atoms with Crippen LogP contribution in [0, 0.1) is 23.7 Å². The number of amides is 10. The SMILES string of the molecule is CC[C@H](C)[C@@H]([C@@H](CC(=O)N1CCC[C@H]1[C@H](OC)[C@@H](C)C(=O)N[C@H](C)[C@@H](O)c1ccccc1)OC)N(C)C(=O)[C@@H](NC(=O)[C@H](C(C)C)N(C)C(=O)COCNC(=O)CNC(=O)[C@H](Cc1ccccc1)NC(=O)CNC(=O)CN(C)C(=O)OC1c2ccccc2-c2ccccc21)C(C)C. The topological polar surface area (TPSA) is 313 Å². The molecule has 0 spiro atoms. The highest BCUT2D eigenvalue weighted by molar-refractivity contribution is 5.94. The maximum atomic E-state index is 14.8. The lowest BCUT2D eigenvalue weighted by atomic mass is 9.89. The predicted octanol–water partition coefficient (Wildman–Crippen LogP) is 4.66. The first-order valence-corrected chi connectivity index (χ1v) is 33.3. The van der Waals surface area contributed by atoms with E-state index in [4.69, 9.17) is 18.9 Å². The maximum absolute atomic E-state index is 14.8. The summed E-state index contributed by atoms with van der Waals surface area (Å²) in [4.78, 5) is 143. The molecule has 25 nitrogen and oxygen atoms in total. The van der Waals surface area contributed by atoms with E-state index in [0.717, 1.165) is 27.2 Å². The molecule has 25 heteroatoms. The molecule has 4 aromatic carbocycles. The minimum absolute atomic E-state index is 0.0275. The van der Waals surface area contributed by atoms with Crippen molar-refractivity contribution in [1.82, 2.24) is 51.5 Å². The number of nitrogens with zero attached hydrogens (tertiary/aromatic N) is 4. The van der Waals surface area contributed by atoms with Crippen molar-refractivity contribution < 1.29 is 72.0 Å². The standard InChI is InChI=1S/C72H100N10O15/c1-14-45(6)64(56(94-12)37-60(86)82-35-25-34-55(82)66(95-13)46(7)68(89)76-47(8)65(88)49-28-19-16-20-29-49)81(11)71(92)62(43(2)3)78-70(91)63(44(4)5)80(10)61(87)41-96-42-75-57(83)38-74-69(90)54(36-48-26-17-15-18-27-48)77-58(84)39-73-59(85)40-79(9)72(93)97-67-52-32-23-21-30-50(52)51-31-22-24-33-53(51)67/h15-24,26-33,43-47,54-56,62-67,88H,14,25,34-42H2,1-13H3,(H,73,85)(H,74,90)(H,75,83)(H,76,89)(H,77,84)(H,78,91)/t45-,46+,47+,54-,55-,56+,62-,63-,64-,65+,66+/m0/s1. The Labute approximate surface area is 569 Å². The number of aliphatic hydroxyl groups is 1. The lowest BCUT2D eigenvalue weighted by molar-refractivity contribution is -0.149. The number of hydrogen-bond acceptors (Lipinski definition) is 15. The van der Waals surface area contributed by atoms with E-state index in [1.165, 1.54) is 38.1 Å². The van der Waals surface area contributed by atoms with Crippen molar-refractivity contribution in [2.75, 3.05) is 74.9 Å². The second-order valence-electron chi connectivity index (χ2n) is 25.9. The summed E-state index contributed by atoms with van der Waals surface area (Å²) in [7, 11) is 7.46. The van der Waals surface area contributed by atoms with Gasteiger partial charge in [0.2, 0.25) is 53.2 Å². The van der Waals surface area contributed by atoms with Gasteiger partial charge in [-0.2, -0.15) is 0 Å². The van der Waals surface area contributed by atoms with Crippen molar-refractivity contribution in [2.45, 2.75) is 148 Å². The van der Waals surface area contributed by atoms with E-state index in [1.807, 2.05) is 80.6 Å². The molecule has 1 aliphatic heterocycles. The summed E-state index contributed by atoms with van der Waals surface area (Å²) in [6.07, 6.45) is -2.01. The summed E-state index contributed by atoms with van der Waals surface area (Å²) < 4.78 is 23.4. The largest absolute Gasteiger partial charge is 0.436 e. The Kier molecular flexibility index (Phi) is 29.5. The number of benzene rings is 4. The quantitative estimate of drug-likeness (QED) is 0.0243. The fraction of sp³-hybridized carbons (Fsp3) is 0.528. The van der Waals surface area contributed by atoms with Gasteiger partial charge in [-0.05, 0) is 59.8 Å². The van der Waals surface area contributed by atoms with Gasteiger partial charge in [-0.25, -0.2) is 4.79 Å². The number of carbonyl (C=O) groups is 10. The zero-order chi connectivity index (χ0) is 71.2. The number of hydrogen-bond donors (Lipinski definition) is 7. The van der Waals surface area contributed by atoms with Gasteiger partial charge in [-0.1, -0.05) is 164 Å². The van der Waals surface area contributed by atoms with Crippen LogP contribution in [0.1, 0.15) is 116 Å². The first kappa shape index (κ1) is 77.2. The number of nitrogens with one attached hydrogen (secondary N) is 6. The molecule has 6 rings (SSSR count). The fourth-order valence-electron chi connectivity index (χ4n) is 12.7. The molecule has 97 heavy (non-hydrogen) atoms. The number of ether oxygens (including phenoxy) is 4. The molecular weight excluding hydrogens is 1240 g/mol. The first-order chi connectivity index (χ1) is 46.2. The van der Waals surface area contributed by atoms with Crippen molar-refractivity contribution in [3.63, 3.8) is 0 Å². The van der Waals surface area contributed by atoms with Crippen LogP contribution in [0.2, 0.25) is 0 Å². The number of fused-ring (bicyclic) bond motifs is 3. The Balaban J connectivity index is 0.968. The van der Waals surface area contributed by atoms with Gasteiger partial charge in [0.25, 0.3) is 0 Å². The van der Waals surface area contributed by atoms with E-state index in [1.54, 1.807) is 96.0 Å². The van der Waals surface area contributed by atoms with E-state index in [9.17, 15) is 53.1 Å². The molecule has 11 atom stereocenters. The Bertz CT molecular complexity index is 3280. The highest BCUT2D eigenvalue weighted by Crippen LogP contribution is 2.45. The molecule has 1 aliphatic carbocycles. The first-order valence-electron chi connectivity index (χ1n) is 33.3. The van der Waals surface area contributed by atoms with E-state index in [-0.39, 0.29) is 30.6 Å².